The van der Waals surface area contributed by atoms with E-state index in [1.165, 1.54) is 4.90 Å². The van der Waals surface area contributed by atoms with Crippen LogP contribution >= 0.6 is 0 Å². The molecule has 0 heterocycles. The Balaban J connectivity index is 3.88. The first-order valence-electron chi connectivity index (χ1n) is 4.40. The van der Waals surface area contributed by atoms with Crippen molar-refractivity contribution in [2.45, 2.75) is 6.92 Å². The summed E-state index contributed by atoms with van der Waals surface area (Å²) < 4.78 is 0. The van der Waals surface area contributed by atoms with E-state index in [9.17, 15) is 9.59 Å². The molecule has 14 heavy (non-hydrogen) atoms. The van der Waals surface area contributed by atoms with Crippen LogP contribution in [0.25, 0.3) is 0 Å². The van der Waals surface area contributed by atoms with Crippen LogP contribution in [0.4, 0.5) is 4.79 Å². The van der Waals surface area contributed by atoms with Crippen molar-refractivity contribution in [3.63, 3.8) is 0 Å². The van der Waals surface area contributed by atoms with Crippen LogP contribution in [-0.2, 0) is 4.79 Å². The van der Waals surface area contributed by atoms with E-state index in [-0.39, 0.29) is 12.6 Å². The largest absolute Gasteiger partial charge is 0.481 e. The molecule has 0 saturated heterocycles. The van der Waals surface area contributed by atoms with Crippen molar-refractivity contribution >= 4 is 12.0 Å². The van der Waals surface area contributed by atoms with Gasteiger partial charge in [-0.2, -0.15) is 0 Å². The average molecular weight is 203 g/mol. The van der Waals surface area contributed by atoms with Crippen LogP contribution in [0.15, 0.2) is 0 Å². The Morgan fingerprint density at radius 2 is 2.14 bits per heavy atom. The number of carboxylic acids is 1. The zero-order valence-corrected chi connectivity index (χ0v) is 8.49. The highest BCUT2D eigenvalue weighted by Crippen LogP contribution is 1.97. The lowest BCUT2D eigenvalue weighted by atomic mass is 10.2. The minimum absolute atomic E-state index is 0.186. The Kier molecular flexibility index (Phi) is 5.62. The van der Waals surface area contributed by atoms with E-state index in [1.807, 2.05) is 0 Å². The molecule has 4 N–H and O–H groups in total. The first-order valence-corrected chi connectivity index (χ1v) is 4.40. The van der Waals surface area contributed by atoms with Gasteiger partial charge in [0, 0.05) is 26.7 Å². The highest BCUT2D eigenvalue weighted by molar-refractivity contribution is 5.75. The molecule has 0 saturated carbocycles. The molecule has 6 nitrogen and oxygen atoms in total. The molecular formula is C8H17N3O3. The minimum Gasteiger partial charge on any atom is -0.481 e. The first kappa shape index (κ1) is 12.7. The molecule has 0 aliphatic carbocycles. The number of hydrogen-bond acceptors (Lipinski definition) is 3. The van der Waals surface area contributed by atoms with Crippen molar-refractivity contribution < 1.29 is 14.7 Å². The molecule has 1 unspecified atom stereocenters. The summed E-state index contributed by atoms with van der Waals surface area (Å²) in [5, 5.41) is 11.2. The third-order valence-corrected chi connectivity index (χ3v) is 1.74. The zero-order chi connectivity index (χ0) is 11.1. The predicted molar refractivity (Wildman–Crippen MR) is 51.9 cm³/mol. The number of aliphatic carboxylic acids is 1. The lowest BCUT2D eigenvalue weighted by molar-refractivity contribution is -0.141. The van der Waals surface area contributed by atoms with E-state index in [4.69, 9.17) is 10.8 Å². The van der Waals surface area contributed by atoms with Crippen molar-refractivity contribution in [3.05, 3.63) is 0 Å². The zero-order valence-electron chi connectivity index (χ0n) is 8.49. The monoisotopic (exact) mass is 203 g/mol. The second-order valence-electron chi connectivity index (χ2n) is 3.14. The van der Waals surface area contributed by atoms with Gasteiger partial charge in [-0.15, -0.1) is 0 Å². The third-order valence-electron chi connectivity index (χ3n) is 1.74. The smallest absolute Gasteiger partial charge is 0.317 e. The summed E-state index contributed by atoms with van der Waals surface area (Å²) in [6.45, 7) is 2.50. The minimum atomic E-state index is -0.913. The normalized spacial score (nSPS) is 11.9. The Hall–Kier alpha value is -1.30. The Labute approximate surface area is 83.1 Å². The van der Waals surface area contributed by atoms with Gasteiger partial charge in [-0.1, -0.05) is 6.92 Å². The molecule has 0 bridgehead atoms. The van der Waals surface area contributed by atoms with Crippen LogP contribution in [0.3, 0.4) is 0 Å². The number of hydrogen-bond donors (Lipinski definition) is 3. The summed E-state index contributed by atoms with van der Waals surface area (Å²) in [4.78, 5) is 23.0. The van der Waals surface area contributed by atoms with E-state index in [1.54, 1.807) is 14.0 Å². The molecule has 2 amide bonds. The van der Waals surface area contributed by atoms with E-state index < -0.39 is 11.9 Å². The standard InChI is InChI=1S/C8H17N3O3/c1-6(7(12)13)5-11(2)8(14)10-4-3-9/h6H,3-5,9H2,1-2H3,(H,10,14)(H,12,13). The SMILES string of the molecule is CC(CN(C)C(=O)NCCN)C(=O)O. The fourth-order valence-electron chi connectivity index (χ4n) is 0.886. The number of amides is 2. The van der Waals surface area contributed by atoms with Crippen molar-refractivity contribution in [2.75, 3.05) is 26.7 Å². The third kappa shape index (κ3) is 4.66. The molecule has 0 fully saturated rings. The highest BCUT2D eigenvalue weighted by Gasteiger charge is 2.16. The van der Waals surface area contributed by atoms with E-state index in [2.05, 4.69) is 5.32 Å². The van der Waals surface area contributed by atoms with Crippen molar-refractivity contribution in [1.29, 1.82) is 0 Å². The molecule has 6 heteroatoms. The highest BCUT2D eigenvalue weighted by atomic mass is 16.4. The molecule has 1 atom stereocenters. The number of nitrogens with one attached hydrogen (secondary N) is 1. The van der Waals surface area contributed by atoms with Gasteiger partial charge in [0.1, 0.15) is 0 Å². The van der Waals surface area contributed by atoms with Crippen LogP contribution in [0, 0.1) is 5.92 Å². The Morgan fingerprint density at radius 3 is 2.57 bits per heavy atom. The number of nitrogens with zero attached hydrogens (tertiary/aromatic N) is 1. The second-order valence-corrected chi connectivity index (χ2v) is 3.14. The molecule has 0 aliphatic heterocycles. The topological polar surface area (TPSA) is 95.7 Å². The number of carbonyl (C=O) groups excluding carboxylic acids is 1. The lowest BCUT2D eigenvalue weighted by Gasteiger charge is -2.19. The number of urea groups is 1. The molecule has 0 aromatic heterocycles. The van der Waals surface area contributed by atoms with Crippen LogP contribution in [0.5, 0.6) is 0 Å². The van der Waals surface area contributed by atoms with Crippen molar-refractivity contribution in [3.8, 4) is 0 Å². The van der Waals surface area contributed by atoms with Gasteiger partial charge in [-0.25, -0.2) is 4.79 Å². The predicted octanol–water partition coefficient (Wildman–Crippen LogP) is -0.693. The molecule has 0 aromatic rings. The quantitative estimate of drug-likeness (QED) is 0.551. The summed E-state index contributed by atoms with van der Waals surface area (Å²) >= 11 is 0. The maximum Gasteiger partial charge on any atom is 0.317 e. The Morgan fingerprint density at radius 1 is 1.57 bits per heavy atom. The molecular weight excluding hydrogens is 186 g/mol. The maximum atomic E-state index is 11.2. The summed E-state index contributed by atoms with van der Waals surface area (Å²) in [6, 6.07) is -0.302. The van der Waals surface area contributed by atoms with Gasteiger partial charge >= 0.3 is 12.0 Å². The van der Waals surface area contributed by atoms with Crippen molar-refractivity contribution in [2.24, 2.45) is 11.7 Å². The van der Waals surface area contributed by atoms with Crippen LogP contribution in [-0.4, -0.2) is 48.7 Å². The summed E-state index contributed by atoms with van der Waals surface area (Å²) in [6.07, 6.45) is 0. The molecule has 82 valence electrons. The molecule has 0 aliphatic rings. The lowest BCUT2D eigenvalue weighted by Crippen LogP contribution is -2.42. The fraction of sp³-hybridized carbons (Fsp3) is 0.750. The molecule has 0 aromatic carbocycles. The fourth-order valence-corrected chi connectivity index (χ4v) is 0.886. The van der Waals surface area contributed by atoms with Gasteiger partial charge < -0.3 is 21.1 Å². The number of carbonyl (C=O) groups is 2. The van der Waals surface area contributed by atoms with Crippen LogP contribution in [0.1, 0.15) is 6.92 Å². The van der Waals surface area contributed by atoms with E-state index in [0.29, 0.717) is 13.1 Å². The summed E-state index contributed by atoms with van der Waals surface area (Å²) in [5.74, 6) is -1.48. The van der Waals surface area contributed by atoms with Gasteiger partial charge in [0.2, 0.25) is 0 Å². The van der Waals surface area contributed by atoms with E-state index in [0.717, 1.165) is 0 Å². The molecule has 0 rings (SSSR count). The van der Waals surface area contributed by atoms with Gasteiger partial charge in [0.05, 0.1) is 5.92 Å². The first-order chi connectivity index (χ1) is 6.49. The van der Waals surface area contributed by atoms with Gasteiger partial charge in [0.25, 0.3) is 0 Å². The van der Waals surface area contributed by atoms with Gasteiger partial charge in [-0.3, -0.25) is 4.79 Å². The number of rotatable bonds is 5. The summed E-state index contributed by atoms with van der Waals surface area (Å²) in [7, 11) is 1.55. The van der Waals surface area contributed by atoms with Crippen molar-refractivity contribution in [1.82, 2.24) is 10.2 Å². The van der Waals surface area contributed by atoms with Crippen LogP contribution in [0.2, 0.25) is 0 Å². The maximum absolute atomic E-state index is 11.2. The summed E-state index contributed by atoms with van der Waals surface area (Å²) in [5.41, 5.74) is 5.20. The number of carboxylic acid groups (broad SMARTS) is 1. The Bertz CT molecular complexity index is 208. The second kappa shape index (κ2) is 6.20. The number of nitrogens with two attached hydrogens (primary N) is 1. The average Bonchev–Trinajstić information content (AvgIpc) is 2.13. The van der Waals surface area contributed by atoms with E-state index >= 15 is 0 Å². The van der Waals surface area contributed by atoms with Gasteiger partial charge in [-0.05, 0) is 0 Å². The molecule has 0 spiro atoms. The molecule has 0 radical (unpaired) electrons. The van der Waals surface area contributed by atoms with Gasteiger partial charge in [0.15, 0.2) is 0 Å². The van der Waals surface area contributed by atoms with Crippen LogP contribution < -0.4 is 11.1 Å².